The van der Waals surface area contributed by atoms with E-state index < -0.39 is 5.79 Å². The molecule has 5 fully saturated rings. The van der Waals surface area contributed by atoms with Crippen LogP contribution in [0.2, 0.25) is 0 Å². The molecule has 0 aromatic carbocycles. The lowest BCUT2D eigenvalue weighted by atomic mass is 9.44. The van der Waals surface area contributed by atoms with E-state index in [0.717, 1.165) is 17.6 Å². The molecule has 0 bridgehead atoms. The molecule has 2 unspecified atom stereocenters. The van der Waals surface area contributed by atoms with Gasteiger partial charge in [-0.05, 0) is 49.4 Å². The molecule has 0 N–H and O–H groups in total. The SMILES string of the molecule is CC1=C2[C@H]3O[C@]34CC[C@@H]3C(C)(C)CCC[C@@]3(C)C4C3O[C@@]23OC1=O. The van der Waals surface area contributed by atoms with Crippen molar-refractivity contribution in [2.75, 3.05) is 0 Å². The van der Waals surface area contributed by atoms with Gasteiger partial charge >= 0.3 is 5.97 Å². The molecule has 0 amide bonds. The molecule has 130 valence electrons. The smallest absolute Gasteiger partial charge is 0.336 e. The highest BCUT2D eigenvalue weighted by Crippen LogP contribution is 2.77. The summed E-state index contributed by atoms with van der Waals surface area (Å²) >= 11 is 0. The van der Waals surface area contributed by atoms with E-state index in [2.05, 4.69) is 20.8 Å². The summed E-state index contributed by atoms with van der Waals surface area (Å²) in [5.74, 6) is 0.0886. The van der Waals surface area contributed by atoms with Crippen LogP contribution in [-0.2, 0) is 19.0 Å². The zero-order valence-corrected chi connectivity index (χ0v) is 15.0. The first-order valence-corrected chi connectivity index (χ1v) is 9.56. The standard InChI is InChI=1S/C20H26O4/c1-10-12-14-19(22-14)9-6-11-17(2,3)7-5-8-18(11,4)13(19)15-20(12,23-15)24-16(10)21/h11,13-15H,5-9H2,1-4H3/t11-,13?,14-,15?,18-,19+,20-/m1/s1. The van der Waals surface area contributed by atoms with E-state index in [-0.39, 0.29) is 29.2 Å². The molecule has 6 aliphatic rings. The summed E-state index contributed by atoms with van der Waals surface area (Å²) in [5.41, 5.74) is 2.25. The predicted molar refractivity (Wildman–Crippen MR) is 86.0 cm³/mol. The number of esters is 1. The second-order valence-electron chi connectivity index (χ2n) is 10.0. The maximum absolute atomic E-state index is 12.2. The molecule has 2 spiro atoms. The second-order valence-corrected chi connectivity index (χ2v) is 10.0. The maximum atomic E-state index is 12.2. The molecule has 24 heavy (non-hydrogen) atoms. The van der Waals surface area contributed by atoms with Crippen molar-refractivity contribution in [1.29, 1.82) is 0 Å². The summed E-state index contributed by atoms with van der Waals surface area (Å²) in [4.78, 5) is 12.2. The fourth-order valence-electron chi connectivity index (χ4n) is 7.62. The minimum Gasteiger partial charge on any atom is -0.422 e. The Morgan fingerprint density at radius 3 is 2.67 bits per heavy atom. The summed E-state index contributed by atoms with van der Waals surface area (Å²) in [6, 6.07) is 0. The van der Waals surface area contributed by atoms with Gasteiger partial charge in [0.2, 0.25) is 0 Å². The third kappa shape index (κ3) is 1.27. The predicted octanol–water partition coefficient (Wildman–Crippen LogP) is 3.35. The van der Waals surface area contributed by atoms with Gasteiger partial charge in [0.1, 0.15) is 17.8 Å². The fourth-order valence-corrected chi connectivity index (χ4v) is 7.62. The minimum absolute atomic E-state index is 0.00866. The lowest BCUT2D eigenvalue weighted by Crippen LogP contribution is -2.59. The van der Waals surface area contributed by atoms with Crippen LogP contribution in [0.25, 0.3) is 0 Å². The van der Waals surface area contributed by atoms with Crippen LogP contribution < -0.4 is 0 Å². The summed E-state index contributed by atoms with van der Waals surface area (Å²) in [6.45, 7) is 9.22. The van der Waals surface area contributed by atoms with E-state index in [4.69, 9.17) is 14.2 Å². The van der Waals surface area contributed by atoms with E-state index in [9.17, 15) is 4.79 Å². The van der Waals surface area contributed by atoms with Gasteiger partial charge in [0, 0.05) is 17.1 Å². The molecule has 7 atom stereocenters. The normalized spacial score (nSPS) is 58.8. The average Bonchev–Trinajstić information content (AvgIpc) is 3.34. The molecular weight excluding hydrogens is 304 g/mol. The van der Waals surface area contributed by atoms with E-state index in [1.165, 1.54) is 25.7 Å². The van der Waals surface area contributed by atoms with Crippen LogP contribution >= 0.6 is 0 Å². The number of carbonyl (C=O) groups is 1. The summed E-state index contributed by atoms with van der Waals surface area (Å²) in [7, 11) is 0. The van der Waals surface area contributed by atoms with Crippen molar-refractivity contribution in [1.82, 2.24) is 0 Å². The lowest BCUT2D eigenvalue weighted by molar-refractivity contribution is -0.147. The zero-order valence-electron chi connectivity index (χ0n) is 15.0. The van der Waals surface area contributed by atoms with Crippen LogP contribution in [0.1, 0.15) is 59.8 Å². The lowest BCUT2D eigenvalue weighted by Gasteiger charge is -2.59. The number of hydrogen-bond acceptors (Lipinski definition) is 4. The van der Waals surface area contributed by atoms with E-state index in [1.54, 1.807) is 0 Å². The van der Waals surface area contributed by atoms with Crippen LogP contribution in [0.15, 0.2) is 11.1 Å². The highest BCUT2D eigenvalue weighted by Gasteiger charge is 2.88. The molecule has 4 heteroatoms. The third-order valence-corrected chi connectivity index (χ3v) is 8.57. The van der Waals surface area contributed by atoms with Crippen molar-refractivity contribution in [2.24, 2.45) is 22.7 Å². The molecule has 3 aliphatic heterocycles. The second kappa shape index (κ2) is 3.64. The Bertz CT molecular complexity index is 723. The Labute approximate surface area is 142 Å². The van der Waals surface area contributed by atoms with E-state index in [0.29, 0.717) is 17.3 Å². The van der Waals surface area contributed by atoms with Gasteiger partial charge in [-0.2, -0.15) is 0 Å². The quantitative estimate of drug-likeness (QED) is 0.505. The molecule has 3 aliphatic carbocycles. The summed E-state index contributed by atoms with van der Waals surface area (Å²) in [6.07, 6.45) is 6.23. The highest BCUT2D eigenvalue weighted by molar-refractivity contribution is 5.93. The van der Waals surface area contributed by atoms with Crippen LogP contribution in [0.5, 0.6) is 0 Å². The van der Waals surface area contributed by atoms with Gasteiger partial charge < -0.3 is 14.2 Å². The number of ether oxygens (including phenoxy) is 3. The monoisotopic (exact) mass is 330 g/mol. The first kappa shape index (κ1) is 14.3. The van der Waals surface area contributed by atoms with Crippen LogP contribution in [-0.4, -0.2) is 29.6 Å². The third-order valence-electron chi connectivity index (χ3n) is 8.57. The number of carbonyl (C=O) groups excluding carboxylic acids is 1. The molecule has 0 aromatic heterocycles. The number of hydrogen-bond donors (Lipinski definition) is 0. The Morgan fingerprint density at radius 1 is 1.08 bits per heavy atom. The first-order chi connectivity index (χ1) is 11.3. The molecule has 3 heterocycles. The highest BCUT2D eigenvalue weighted by atomic mass is 16.8. The Hall–Kier alpha value is -0.870. The maximum Gasteiger partial charge on any atom is 0.336 e. The Kier molecular flexibility index (Phi) is 2.17. The largest absolute Gasteiger partial charge is 0.422 e. The van der Waals surface area contributed by atoms with Crippen molar-refractivity contribution in [3.63, 3.8) is 0 Å². The van der Waals surface area contributed by atoms with Gasteiger partial charge in [-0.25, -0.2) is 4.79 Å². The molecule has 3 saturated carbocycles. The zero-order chi connectivity index (χ0) is 16.7. The molecule has 0 aromatic rings. The van der Waals surface area contributed by atoms with Crippen molar-refractivity contribution < 1.29 is 19.0 Å². The first-order valence-electron chi connectivity index (χ1n) is 9.56. The molecule has 4 nitrogen and oxygen atoms in total. The molecule has 0 radical (unpaired) electrons. The van der Waals surface area contributed by atoms with Gasteiger partial charge in [0.05, 0.1) is 0 Å². The average molecular weight is 330 g/mol. The van der Waals surface area contributed by atoms with Crippen molar-refractivity contribution in [3.8, 4) is 0 Å². The van der Waals surface area contributed by atoms with Gasteiger partial charge in [-0.3, -0.25) is 0 Å². The van der Waals surface area contributed by atoms with Gasteiger partial charge in [0.15, 0.2) is 0 Å². The summed E-state index contributed by atoms with van der Waals surface area (Å²) < 4.78 is 18.4. The number of fused-ring (bicyclic) bond motifs is 4. The van der Waals surface area contributed by atoms with Crippen LogP contribution in [0, 0.1) is 22.7 Å². The van der Waals surface area contributed by atoms with Gasteiger partial charge in [-0.15, -0.1) is 0 Å². The van der Waals surface area contributed by atoms with Crippen molar-refractivity contribution in [2.45, 2.75) is 83.4 Å². The fraction of sp³-hybridized carbons (Fsp3) is 0.850. The van der Waals surface area contributed by atoms with Crippen LogP contribution in [0.4, 0.5) is 0 Å². The molecular formula is C20H26O4. The van der Waals surface area contributed by atoms with Crippen LogP contribution in [0.3, 0.4) is 0 Å². The Morgan fingerprint density at radius 2 is 1.88 bits per heavy atom. The van der Waals surface area contributed by atoms with E-state index in [1.807, 2.05) is 6.92 Å². The number of rotatable bonds is 0. The van der Waals surface area contributed by atoms with E-state index >= 15 is 0 Å². The number of epoxide rings is 2. The molecule has 2 saturated heterocycles. The van der Waals surface area contributed by atoms with Crippen molar-refractivity contribution >= 4 is 5.97 Å². The van der Waals surface area contributed by atoms with Gasteiger partial charge in [-0.1, -0.05) is 27.2 Å². The Balaban J connectivity index is 1.49. The summed E-state index contributed by atoms with van der Waals surface area (Å²) in [5, 5.41) is 0. The topological polar surface area (TPSA) is 51.4 Å². The van der Waals surface area contributed by atoms with Gasteiger partial charge in [0.25, 0.3) is 5.79 Å². The minimum atomic E-state index is -0.761. The molecule has 6 rings (SSSR count). The van der Waals surface area contributed by atoms with Crippen molar-refractivity contribution in [3.05, 3.63) is 11.1 Å².